The van der Waals surface area contributed by atoms with Crippen LogP contribution in [0.2, 0.25) is 0 Å². The van der Waals surface area contributed by atoms with Crippen LogP contribution in [0.5, 0.6) is 0 Å². The van der Waals surface area contributed by atoms with Gasteiger partial charge in [0.1, 0.15) is 0 Å². The summed E-state index contributed by atoms with van der Waals surface area (Å²) in [4.78, 5) is 19.3. The number of fused-ring (bicyclic) bond motifs is 1. The van der Waals surface area contributed by atoms with Crippen molar-refractivity contribution >= 4 is 16.8 Å². The number of nitrogens with one attached hydrogen (secondary N) is 1. The van der Waals surface area contributed by atoms with Gasteiger partial charge in [0, 0.05) is 24.7 Å². The lowest BCUT2D eigenvalue weighted by molar-refractivity contribution is -0.132. The molecule has 0 radical (unpaired) electrons. The van der Waals surface area contributed by atoms with Gasteiger partial charge in [-0.05, 0) is 31.0 Å². The first kappa shape index (κ1) is 16.7. The molecule has 1 amide bonds. The highest BCUT2D eigenvalue weighted by molar-refractivity contribution is 5.87. The Balaban J connectivity index is 1.52. The van der Waals surface area contributed by atoms with E-state index in [1.54, 1.807) is 6.20 Å². The van der Waals surface area contributed by atoms with E-state index in [2.05, 4.69) is 15.2 Å². The van der Waals surface area contributed by atoms with Crippen LogP contribution in [0, 0.1) is 0 Å². The summed E-state index contributed by atoms with van der Waals surface area (Å²) < 4.78 is 5.74. The van der Waals surface area contributed by atoms with E-state index in [0.29, 0.717) is 19.5 Å². The van der Waals surface area contributed by atoms with Gasteiger partial charge in [0.15, 0.2) is 0 Å². The molecule has 1 aliphatic heterocycles. The summed E-state index contributed by atoms with van der Waals surface area (Å²) in [5.74, 6) is 0.0561. The molecule has 0 saturated carbocycles. The van der Waals surface area contributed by atoms with Crippen molar-refractivity contribution in [3.05, 3.63) is 60.0 Å². The number of aromatic amines is 1. The van der Waals surface area contributed by atoms with Crippen LogP contribution in [0.4, 0.5) is 0 Å². The fourth-order valence-electron chi connectivity index (χ4n) is 3.39. The van der Waals surface area contributed by atoms with Crippen molar-refractivity contribution in [1.29, 1.82) is 0 Å². The van der Waals surface area contributed by atoms with Crippen molar-refractivity contribution in [1.82, 2.24) is 20.1 Å². The van der Waals surface area contributed by atoms with Crippen LogP contribution >= 0.6 is 0 Å². The molecule has 1 unspecified atom stereocenters. The van der Waals surface area contributed by atoms with Gasteiger partial charge in [-0.2, -0.15) is 5.10 Å². The Hall–Kier alpha value is -2.73. The highest BCUT2D eigenvalue weighted by Gasteiger charge is 2.24. The largest absolute Gasteiger partial charge is 0.376 e. The van der Waals surface area contributed by atoms with Gasteiger partial charge in [-0.15, -0.1) is 0 Å². The van der Waals surface area contributed by atoms with Crippen LogP contribution in [0.3, 0.4) is 0 Å². The summed E-state index contributed by atoms with van der Waals surface area (Å²) in [6.45, 7) is 1.87. The van der Waals surface area contributed by atoms with Crippen molar-refractivity contribution in [2.24, 2.45) is 0 Å². The number of carbonyl (C=O) groups is 1. The number of hydrogen-bond acceptors (Lipinski definition) is 4. The third-order valence-electron chi connectivity index (χ3n) is 4.75. The molecule has 4 rings (SSSR count). The van der Waals surface area contributed by atoms with E-state index in [9.17, 15) is 4.79 Å². The summed E-state index contributed by atoms with van der Waals surface area (Å²) in [5, 5.41) is 8.29. The molecule has 26 heavy (non-hydrogen) atoms. The maximum Gasteiger partial charge on any atom is 0.229 e. The molecule has 1 saturated heterocycles. The van der Waals surface area contributed by atoms with Crippen molar-refractivity contribution < 1.29 is 9.53 Å². The summed E-state index contributed by atoms with van der Waals surface area (Å²) in [6.07, 6.45) is 4.22. The first-order valence-corrected chi connectivity index (χ1v) is 9.01. The summed E-state index contributed by atoms with van der Waals surface area (Å²) in [5.41, 5.74) is 2.61. The number of benzene rings is 1. The van der Waals surface area contributed by atoms with E-state index < -0.39 is 0 Å². The fourth-order valence-corrected chi connectivity index (χ4v) is 3.39. The predicted octanol–water partition coefficient (Wildman–Crippen LogP) is 2.71. The van der Waals surface area contributed by atoms with Gasteiger partial charge >= 0.3 is 0 Å². The average molecular weight is 350 g/mol. The predicted molar refractivity (Wildman–Crippen MR) is 98.4 cm³/mol. The van der Waals surface area contributed by atoms with Crippen LogP contribution in [0.1, 0.15) is 24.2 Å². The number of aromatic nitrogens is 3. The molecule has 1 aromatic carbocycles. The molecule has 2 aromatic heterocycles. The molecular formula is C20H22N4O2. The van der Waals surface area contributed by atoms with Crippen LogP contribution in [0.15, 0.2) is 48.7 Å². The Morgan fingerprint density at radius 3 is 2.92 bits per heavy atom. The molecule has 1 atom stereocenters. The zero-order valence-electron chi connectivity index (χ0n) is 14.6. The molecule has 3 heterocycles. The first-order valence-electron chi connectivity index (χ1n) is 9.01. The minimum atomic E-state index is 0.0561. The van der Waals surface area contributed by atoms with Crippen molar-refractivity contribution in [3.63, 3.8) is 0 Å². The second-order valence-electron chi connectivity index (χ2n) is 6.63. The number of rotatable bonds is 6. The highest BCUT2D eigenvalue weighted by Crippen LogP contribution is 2.19. The molecule has 6 heteroatoms. The molecule has 0 spiro atoms. The smallest absolute Gasteiger partial charge is 0.229 e. The quantitative estimate of drug-likeness (QED) is 0.742. The van der Waals surface area contributed by atoms with E-state index in [-0.39, 0.29) is 12.0 Å². The van der Waals surface area contributed by atoms with Gasteiger partial charge in [-0.3, -0.25) is 14.9 Å². The van der Waals surface area contributed by atoms with Crippen LogP contribution in [-0.2, 0) is 22.5 Å². The normalized spacial score (nSPS) is 16.8. The van der Waals surface area contributed by atoms with Crippen molar-refractivity contribution in [3.8, 4) is 0 Å². The third kappa shape index (κ3) is 3.75. The number of para-hydroxylation sites is 1. The van der Waals surface area contributed by atoms with Crippen LogP contribution in [0.25, 0.3) is 10.9 Å². The number of H-pyrrole nitrogens is 1. The highest BCUT2D eigenvalue weighted by atomic mass is 16.5. The maximum atomic E-state index is 13.0. The molecule has 134 valence electrons. The van der Waals surface area contributed by atoms with Crippen molar-refractivity contribution in [2.75, 3.05) is 13.2 Å². The Kier molecular flexibility index (Phi) is 4.93. The topological polar surface area (TPSA) is 71.1 Å². The fraction of sp³-hybridized carbons (Fsp3) is 0.350. The zero-order chi connectivity index (χ0) is 17.8. The van der Waals surface area contributed by atoms with Crippen molar-refractivity contribution in [2.45, 2.75) is 31.9 Å². The van der Waals surface area contributed by atoms with E-state index in [4.69, 9.17) is 4.74 Å². The number of carbonyl (C=O) groups excluding carboxylic acids is 1. The molecule has 1 N–H and O–H groups in total. The van der Waals surface area contributed by atoms with E-state index in [0.717, 1.165) is 41.7 Å². The van der Waals surface area contributed by atoms with Crippen LogP contribution < -0.4 is 0 Å². The average Bonchev–Trinajstić information content (AvgIpc) is 3.32. The minimum Gasteiger partial charge on any atom is -0.376 e. The SMILES string of the molecule is O=C(Cc1[nH]nc2ccccc12)N(Cc1ccccn1)CC1CCCO1. The molecule has 1 aliphatic rings. The zero-order valence-corrected chi connectivity index (χ0v) is 14.6. The first-order chi connectivity index (χ1) is 12.8. The molecule has 0 bridgehead atoms. The molecular weight excluding hydrogens is 328 g/mol. The lowest BCUT2D eigenvalue weighted by Gasteiger charge is -2.25. The lowest BCUT2D eigenvalue weighted by Crippen LogP contribution is -2.38. The summed E-state index contributed by atoms with van der Waals surface area (Å²) in [6, 6.07) is 13.6. The molecule has 1 fully saturated rings. The Morgan fingerprint density at radius 2 is 2.12 bits per heavy atom. The number of nitrogens with zero attached hydrogens (tertiary/aromatic N) is 3. The molecule has 0 aliphatic carbocycles. The number of pyridine rings is 1. The van der Waals surface area contributed by atoms with Gasteiger partial charge in [0.2, 0.25) is 5.91 Å². The minimum absolute atomic E-state index is 0.0561. The number of ether oxygens (including phenoxy) is 1. The van der Waals surface area contributed by atoms with Gasteiger partial charge in [-0.25, -0.2) is 0 Å². The number of hydrogen-bond donors (Lipinski definition) is 1. The van der Waals surface area contributed by atoms with E-state index in [1.165, 1.54) is 0 Å². The lowest BCUT2D eigenvalue weighted by atomic mass is 10.1. The van der Waals surface area contributed by atoms with Gasteiger partial charge < -0.3 is 9.64 Å². The maximum absolute atomic E-state index is 13.0. The molecule has 6 nitrogen and oxygen atoms in total. The van der Waals surface area contributed by atoms with Crippen LogP contribution in [-0.4, -0.2) is 45.2 Å². The van der Waals surface area contributed by atoms with Gasteiger partial charge in [0.05, 0.1) is 36.0 Å². The third-order valence-corrected chi connectivity index (χ3v) is 4.75. The number of amides is 1. The van der Waals surface area contributed by atoms with Gasteiger partial charge in [0.25, 0.3) is 0 Å². The Labute approximate surface area is 152 Å². The summed E-state index contributed by atoms with van der Waals surface area (Å²) in [7, 11) is 0. The summed E-state index contributed by atoms with van der Waals surface area (Å²) >= 11 is 0. The van der Waals surface area contributed by atoms with Gasteiger partial charge in [-0.1, -0.05) is 24.3 Å². The Morgan fingerprint density at radius 1 is 1.23 bits per heavy atom. The second-order valence-corrected chi connectivity index (χ2v) is 6.63. The second kappa shape index (κ2) is 7.66. The monoisotopic (exact) mass is 350 g/mol. The molecule has 3 aromatic rings. The van der Waals surface area contributed by atoms with E-state index >= 15 is 0 Å². The Bertz CT molecular complexity index is 872. The van der Waals surface area contributed by atoms with E-state index in [1.807, 2.05) is 47.4 Å². The standard InChI is InChI=1S/C20H22N4O2/c25-20(12-19-17-8-1-2-9-18(17)22-23-19)24(14-16-7-5-11-26-16)13-15-6-3-4-10-21-15/h1-4,6,8-10,16H,5,7,11-14H2,(H,22,23).